The number of rotatable bonds is 9. The third kappa shape index (κ3) is 8.93. The van der Waals surface area contributed by atoms with Crippen molar-refractivity contribution < 1.29 is 13.6 Å². The van der Waals surface area contributed by atoms with Gasteiger partial charge in [0.1, 0.15) is 11.3 Å². The van der Waals surface area contributed by atoms with Crippen LogP contribution in [-0.2, 0) is 5.41 Å². The predicted molar refractivity (Wildman–Crippen MR) is 191 cm³/mol. The molecule has 2 unspecified atom stereocenters. The summed E-state index contributed by atoms with van der Waals surface area (Å²) < 4.78 is 20.3. The smallest absolute Gasteiger partial charge is 0.249 e. The van der Waals surface area contributed by atoms with Crippen molar-refractivity contribution in [1.82, 2.24) is 4.98 Å². The first-order chi connectivity index (χ1) is 21.4. The first kappa shape index (κ1) is 38.9. The molecule has 252 valence electrons. The van der Waals surface area contributed by atoms with Crippen LogP contribution in [0.1, 0.15) is 117 Å². The molecule has 6 nitrogen and oxygen atoms in total. The van der Waals surface area contributed by atoms with Gasteiger partial charge >= 0.3 is 0 Å². The van der Waals surface area contributed by atoms with Crippen molar-refractivity contribution >= 4 is 34.2 Å². The van der Waals surface area contributed by atoms with E-state index in [4.69, 9.17) is 21.0 Å². The fourth-order valence-corrected chi connectivity index (χ4v) is 5.43. The second-order valence-electron chi connectivity index (χ2n) is 13.8. The van der Waals surface area contributed by atoms with Gasteiger partial charge in [-0.2, -0.15) is 0 Å². The lowest BCUT2D eigenvalue weighted by Gasteiger charge is -2.35. The summed E-state index contributed by atoms with van der Waals surface area (Å²) in [7, 11) is 1.63. The summed E-state index contributed by atoms with van der Waals surface area (Å²) in [6, 6.07) is 8.31. The van der Waals surface area contributed by atoms with Crippen LogP contribution < -0.4 is 16.2 Å². The summed E-state index contributed by atoms with van der Waals surface area (Å²) in [5.74, 6) is -0.164. The molecule has 8 heteroatoms. The molecule has 0 amide bonds. The summed E-state index contributed by atoms with van der Waals surface area (Å²) in [5.41, 5.74) is 3.41. The van der Waals surface area contributed by atoms with Crippen molar-refractivity contribution in [3.8, 4) is 11.3 Å². The highest BCUT2D eigenvalue weighted by Crippen LogP contribution is 2.39. The monoisotopic (exact) mass is 654 g/mol. The van der Waals surface area contributed by atoms with E-state index in [-0.39, 0.29) is 38.9 Å². The van der Waals surface area contributed by atoms with Crippen LogP contribution in [0.25, 0.3) is 22.4 Å². The largest absolute Gasteiger partial charge is 0.451 e. The number of halogens is 2. The van der Waals surface area contributed by atoms with Gasteiger partial charge in [-0.1, -0.05) is 106 Å². The zero-order valence-electron chi connectivity index (χ0n) is 29.7. The molecule has 0 bridgehead atoms. The highest BCUT2D eigenvalue weighted by atomic mass is 35.5. The van der Waals surface area contributed by atoms with Gasteiger partial charge in [-0.25, -0.2) is 9.37 Å². The number of hydrogen-bond acceptors (Lipinski definition) is 6. The van der Waals surface area contributed by atoms with Crippen LogP contribution in [0, 0.1) is 30.0 Å². The van der Waals surface area contributed by atoms with E-state index in [2.05, 4.69) is 67.6 Å². The van der Waals surface area contributed by atoms with Crippen molar-refractivity contribution in [2.24, 2.45) is 17.3 Å². The Balaban J connectivity index is 0.000000471. The number of fused-ring (bicyclic) bond motifs is 1. The zero-order valence-corrected chi connectivity index (χ0v) is 30.5. The van der Waals surface area contributed by atoms with Crippen LogP contribution in [0.4, 0.5) is 10.1 Å². The molecule has 2 heterocycles. The molecule has 4 aromatic rings. The van der Waals surface area contributed by atoms with Gasteiger partial charge in [0.25, 0.3) is 0 Å². The fourth-order valence-electron chi connectivity index (χ4n) is 5.31. The number of anilines is 1. The predicted octanol–water partition coefficient (Wildman–Crippen LogP) is 10.3. The maximum absolute atomic E-state index is 14.1. The molecule has 0 saturated carbocycles. The average Bonchev–Trinajstić information content (AvgIpc) is 3.45. The van der Waals surface area contributed by atoms with E-state index in [1.165, 1.54) is 25.0 Å². The second-order valence-corrected chi connectivity index (χ2v) is 14.3. The highest BCUT2D eigenvalue weighted by molar-refractivity contribution is 6.30. The van der Waals surface area contributed by atoms with Crippen LogP contribution >= 0.6 is 11.6 Å². The molecule has 4 rings (SSSR count). The topological polar surface area (TPSA) is 89.3 Å². The number of furan rings is 1. The number of nitrogens with zero attached hydrogens (tertiary/aromatic N) is 1. The molecule has 0 aliphatic rings. The number of carbonyl (C=O) groups is 1. The Kier molecular flexibility index (Phi) is 13.5. The Labute approximate surface area is 278 Å². The Morgan fingerprint density at radius 1 is 0.978 bits per heavy atom. The lowest BCUT2D eigenvalue weighted by Crippen LogP contribution is -2.36. The van der Waals surface area contributed by atoms with Crippen LogP contribution in [-0.4, -0.2) is 17.8 Å². The minimum Gasteiger partial charge on any atom is -0.451 e. The molecule has 1 N–H and O–H groups in total. The van der Waals surface area contributed by atoms with E-state index in [1.807, 2.05) is 13.0 Å². The van der Waals surface area contributed by atoms with Crippen molar-refractivity contribution in [3.05, 3.63) is 78.5 Å². The molecule has 0 spiro atoms. The molecular weight excluding hydrogens is 603 g/mol. The second kappa shape index (κ2) is 16.0. The van der Waals surface area contributed by atoms with E-state index in [9.17, 15) is 18.8 Å². The summed E-state index contributed by atoms with van der Waals surface area (Å²) in [5, 5.41) is 2.71. The lowest BCUT2D eigenvalue weighted by atomic mass is 9.69. The Bertz CT molecular complexity index is 1700. The average molecular weight is 655 g/mol. The third-order valence-electron chi connectivity index (χ3n) is 8.93. The van der Waals surface area contributed by atoms with Crippen LogP contribution in [0.3, 0.4) is 0 Å². The van der Waals surface area contributed by atoms with E-state index in [0.29, 0.717) is 39.4 Å². The molecule has 0 saturated heterocycles. The maximum Gasteiger partial charge on any atom is 0.249 e. The number of Topliss-reactive ketones (excluding diaryl/α,β-unsaturated/α-hetero) is 1. The van der Waals surface area contributed by atoms with Gasteiger partial charge in [0.15, 0.2) is 11.3 Å². The number of carbonyl (C=O) groups excluding carboxylic acids is 1. The number of nitrogens with one attached hydrogen (secondary N) is 1. The molecule has 0 fully saturated rings. The third-order valence-corrected chi connectivity index (χ3v) is 9.24. The first-order valence-electron chi connectivity index (χ1n) is 16.3. The van der Waals surface area contributed by atoms with Crippen LogP contribution in [0.5, 0.6) is 0 Å². The minimum absolute atomic E-state index is 0.0105. The first-order valence-corrected chi connectivity index (χ1v) is 16.7. The van der Waals surface area contributed by atoms with Crippen LogP contribution in [0.2, 0.25) is 5.02 Å². The molecular formula is C38H52ClFN2O4. The van der Waals surface area contributed by atoms with Crippen molar-refractivity contribution in [2.75, 3.05) is 12.4 Å². The van der Waals surface area contributed by atoms with E-state index < -0.39 is 11.2 Å². The number of ketones is 1. The van der Waals surface area contributed by atoms with Gasteiger partial charge in [0.2, 0.25) is 16.6 Å². The number of pyridine rings is 1. The van der Waals surface area contributed by atoms with E-state index >= 15 is 0 Å². The number of benzene rings is 1. The maximum atomic E-state index is 14.1. The lowest BCUT2D eigenvalue weighted by molar-refractivity contribution is 0.0754. The summed E-state index contributed by atoms with van der Waals surface area (Å²) in [6.45, 7) is 23.0. The molecule has 2 atom stereocenters. The normalized spacial score (nSPS) is 13.0. The van der Waals surface area contributed by atoms with E-state index in [0.717, 1.165) is 18.4 Å². The van der Waals surface area contributed by atoms with Gasteiger partial charge < -0.3 is 9.73 Å². The van der Waals surface area contributed by atoms with Crippen molar-refractivity contribution in [3.63, 3.8) is 0 Å². The Hall–Kier alpha value is -3.32. The molecule has 2 aromatic carbocycles. The fraction of sp³-hybridized carbons (Fsp3) is 0.526. The SMILES string of the molecule is CCCC.CCCC(C)(C)C(C)C(C)C(=O)c1cc2nc(-c3ccc(Cl)c(F)c3)cc(C(C)(C)C)c2o1.CNc1c(C)c(=O)c1=O. The molecule has 2 aromatic heterocycles. The van der Waals surface area contributed by atoms with Crippen molar-refractivity contribution in [1.29, 1.82) is 0 Å². The zero-order chi connectivity index (χ0) is 35.1. The quantitative estimate of drug-likeness (QED) is 0.143. The van der Waals surface area contributed by atoms with Gasteiger partial charge in [-0.15, -0.1) is 0 Å². The Morgan fingerprint density at radius 2 is 1.59 bits per heavy atom. The number of unbranched alkanes of at least 4 members (excludes halogenated alkanes) is 1. The summed E-state index contributed by atoms with van der Waals surface area (Å²) in [4.78, 5) is 39.2. The van der Waals surface area contributed by atoms with Gasteiger partial charge in [0.05, 0.1) is 16.4 Å². The summed E-state index contributed by atoms with van der Waals surface area (Å²) >= 11 is 5.86. The van der Waals surface area contributed by atoms with Crippen molar-refractivity contribution in [2.45, 2.75) is 107 Å². The number of hydrogen-bond donors (Lipinski definition) is 1. The van der Waals surface area contributed by atoms with Crippen LogP contribution in [0.15, 0.2) is 44.3 Å². The van der Waals surface area contributed by atoms with Gasteiger partial charge in [-0.05, 0) is 48.3 Å². The molecule has 0 aliphatic carbocycles. The van der Waals surface area contributed by atoms with Gasteiger partial charge in [-0.3, -0.25) is 14.4 Å². The number of aromatic nitrogens is 1. The Morgan fingerprint density at radius 3 is 2.04 bits per heavy atom. The molecule has 0 radical (unpaired) electrons. The summed E-state index contributed by atoms with van der Waals surface area (Å²) in [6.07, 6.45) is 4.78. The van der Waals surface area contributed by atoms with Gasteiger partial charge in [0, 0.05) is 35.7 Å². The molecule has 46 heavy (non-hydrogen) atoms. The molecule has 0 aliphatic heterocycles. The van der Waals surface area contributed by atoms with E-state index in [1.54, 1.807) is 26.1 Å². The highest BCUT2D eigenvalue weighted by Gasteiger charge is 2.35. The standard InChI is InChI=1S/C28H35ClFNO2.C6H7NO2.C4H10/c1-9-12-28(7,8)17(3)16(2)25(32)24-15-23-26(33-24)19(27(4,5)6)14-22(31-23)18-10-11-20(29)21(30)13-18;1-3-4(7-2)6(9)5(3)8;1-3-4-2/h10-11,13-17H,9,12H2,1-8H3;7H,1-2H3;3-4H2,1-2H3. The minimum atomic E-state index is -0.492.